The molecule has 2 aromatic rings. The predicted molar refractivity (Wildman–Crippen MR) is 116 cm³/mol. The summed E-state index contributed by atoms with van der Waals surface area (Å²) in [6.07, 6.45) is 1.84. The van der Waals surface area contributed by atoms with Crippen molar-refractivity contribution in [3.05, 3.63) is 63.5 Å². The number of ether oxygens (including phenoxy) is 1. The lowest BCUT2D eigenvalue weighted by Gasteiger charge is -2.19. The molecule has 0 bridgehead atoms. The van der Waals surface area contributed by atoms with Gasteiger partial charge in [-0.3, -0.25) is 9.69 Å². The quantitative estimate of drug-likeness (QED) is 0.568. The molecular formula is C21H18BrN3O2S. The van der Waals surface area contributed by atoms with E-state index in [1.165, 1.54) is 11.8 Å². The number of carbonyl (C=O) groups excluding carboxylic acids is 1. The summed E-state index contributed by atoms with van der Waals surface area (Å²) < 4.78 is 6.06. The molecular weight excluding hydrogens is 438 g/mol. The maximum Gasteiger partial charge on any atom is 0.266 e. The van der Waals surface area contributed by atoms with Gasteiger partial charge in [-0.25, -0.2) is 4.99 Å². The number of halogens is 1. The summed E-state index contributed by atoms with van der Waals surface area (Å²) in [4.78, 5) is 19.9. The Kier molecular flexibility index (Phi) is 6.55. The molecule has 0 aromatic heterocycles. The number of aliphatic imine (C=N–C) groups is 1. The average molecular weight is 456 g/mol. The predicted octanol–water partition coefficient (Wildman–Crippen LogP) is 5.36. The number of nitrogens with zero attached hydrogens (tertiary/aromatic N) is 3. The molecule has 1 aliphatic heterocycles. The third-order valence-corrected chi connectivity index (χ3v) is 5.48. The van der Waals surface area contributed by atoms with Gasteiger partial charge >= 0.3 is 0 Å². The van der Waals surface area contributed by atoms with E-state index in [1.54, 1.807) is 11.0 Å². The van der Waals surface area contributed by atoms with Crippen molar-refractivity contribution in [2.24, 2.45) is 4.99 Å². The number of carbonyl (C=O) groups is 1. The summed E-state index contributed by atoms with van der Waals surface area (Å²) in [5.41, 5.74) is 1.67. The van der Waals surface area contributed by atoms with Crippen LogP contribution in [0, 0.1) is 11.3 Å². The van der Waals surface area contributed by atoms with E-state index in [1.807, 2.05) is 68.5 Å². The first-order valence-electron chi connectivity index (χ1n) is 8.65. The van der Waals surface area contributed by atoms with E-state index in [4.69, 9.17) is 10.00 Å². The van der Waals surface area contributed by atoms with Crippen molar-refractivity contribution < 1.29 is 9.53 Å². The van der Waals surface area contributed by atoms with Crippen LogP contribution < -0.4 is 4.74 Å². The molecule has 0 atom stereocenters. The second-order valence-corrected chi connectivity index (χ2v) is 8.11. The Balaban J connectivity index is 1.90. The average Bonchev–Trinajstić information content (AvgIpc) is 2.97. The van der Waals surface area contributed by atoms with Gasteiger partial charge in [0, 0.05) is 6.04 Å². The number of hydrogen-bond acceptors (Lipinski definition) is 5. The van der Waals surface area contributed by atoms with E-state index in [0.717, 1.165) is 15.7 Å². The Morgan fingerprint density at radius 3 is 2.68 bits per heavy atom. The van der Waals surface area contributed by atoms with Crippen LogP contribution in [-0.4, -0.2) is 28.6 Å². The molecule has 0 spiro atoms. The molecule has 1 amide bonds. The van der Waals surface area contributed by atoms with Gasteiger partial charge in [-0.15, -0.1) is 0 Å². The normalized spacial score (nSPS) is 16.8. The fraction of sp³-hybridized carbons (Fsp3) is 0.190. The Morgan fingerprint density at radius 2 is 2.04 bits per heavy atom. The first kappa shape index (κ1) is 20.2. The number of nitriles is 1. The highest BCUT2D eigenvalue weighted by Gasteiger charge is 2.35. The molecule has 142 valence electrons. The van der Waals surface area contributed by atoms with E-state index in [9.17, 15) is 4.79 Å². The lowest BCUT2D eigenvalue weighted by Crippen LogP contribution is -2.35. The summed E-state index contributed by atoms with van der Waals surface area (Å²) in [5, 5.41) is 9.31. The second-order valence-electron chi connectivity index (χ2n) is 6.25. The third-order valence-electron chi connectivity index (χ3n) is 3.88. The maximum absolute atomic E-state index is 12.9. The number of amidine groups is 1. The van der Waals surface area contributed by atoms with Gasteiger partial charge in [-0.2, -0.15) is 5.26 Å². The van der Waals surface area contributed by atoms with Gasteiger partial charge in [0.1, 0.15) is 11.8 Å². The minimum atomic E-state index is -0.0596. The van der Waals surface area contributed by atoms with Crippen molar-refractivity contribution in [3.8, 4) is 11.8 Å². The number of rotatable bonds is 5. The topological polar surface area (TPSA) is 65.7 Å². The minimum absolute atomic E-state index is 0.00172. The van der Waals surface area contributed by atoms with Gasteiger partial charge in [0.05, 0.1) is 15.1 Å². The van der Waals surface area contributed by atoms with E-state index in [2.05, 4.69) is 20.9 Å². The van der Waals surface area contributed by atoms with Crippen molar-refractivity contribution in [1.29, 1.82) is 5.26 Å². The highest BCUT2D eigenvalue weighted by molar-refractivity contribution is 9.10. The van der Waals surface area contributed by atoms with Crippen molar-refractivity contribution >= 4 is 50.5 Å². The van der Waals surface area contributed by atoms with Crippen molar-refractivity contribution in [1.82, 2.24) is 4.90 Å². The third kappa shape index (κ3) is 4.64. The molecule has 2 aromatic carbocycles. The molecule has 1 heterocycles. The van der Waals surface area contributed by atoms with Crippen LogP contribution in [0.2, 0.25) is 0 Å². The summed E-state index contributed by atoms with van der Waals surface area (Å²) >= 11 is 4.81. The molecule has 1 fully saturated rings. The molecule has 0 N–H and O–H groups in total. The summed E-state index contributed by atoms with van der Waals surface area (Å²) in [6.45, 7) is 3.93. The van der Waals surface area contributed by atoms with Crippen molar-refractivity contribution in [2.45, 2.75) is 19.9 Å². The SMILES string of the molecule is CC(C)N1C(=O)C(=Cc2ccc(OCC#N)c(Br)c2)SC1=Nc1ccccc1. The van der Waals surface area contributed by atoms with Gasteiger partial charge in [0.25, 0.3) is 5.91 Å². The lowest BCUT2D eigenvalue weighted by molar-refractivity contribution is -0.123. The number of para-hydroxylation sites is 1. The molecule has 1 saturated heterocycles. The fourth-order valence-corrected chi connectivity index (χ4v) is 4.25. The molecule has 0 aliphatic carbocycles. The Labute approximate surface area is 176 Å². The zero-order chi connectivity index (χ0) is 20.1. The number of hydrogen-bond donors (Lipinski definition) is 0. The van der Waals surface area contributed by atoms with E-state index >= 15 is 0 Å². The van der Waals surface area contributed by atoms with Crippen LogP contribution in [0.1, 0.15) is 19.4 Å². The standard InChI is InChI=1S/C21H18BrN3O2S/c1-14(2)25-20(26)19(28-21(25)24-16-6-4-3-5-7-16)13-15-8-9-18(17(22)12-15)27-11-10-23/h3-9,12-14H,11H2,1-2H3. The minimum Gasteiger partial charge on any atom is -0.478 e. The van der Waals surface area contributed by atoms with Crippen LogP contribution in [0.5, 0.6) is 5.75 Å². The summed E-state index contributed by atoms with van der Waals surface area (Å²) in [7, 11) is 0. The molecule has 3 rings (SSSR count). The highest BCUT2D eigenvalue weighted by Crippen LogP contribution is 2.36. The summed E-state index contributed by atoms with van der Waals surface area (Å²) in [5.74, 6) is 0.528. The van der Waals surface area contributed by atoms with Crippen LogP contribution in [-0.2, 0) is 4.79 Å². The van der Waals surface area contributed by atoms with Gasteiger partial charge in [0.2, 0.25) is 0 Å². The molecule has 7 heteroatoms. The Morgan fingerprint density at radius 1 is 1.29 bits per heavy atom. The summed E-state index contributed by atoms with van der Waals surface area (Å²) in [6, 6.07) is 17.0. The van der Waals surface area contributed by atoms with Gasteiger partial charge in [0.15, 0.2) is 11.8 Å². The highest BCUT2D eigenvalue weighted by atomic mass is 79.9. The van der Waals surface area contributed by atoms with Gasteiger partial charge in [-0.1, -0.05) is 24.3 Å². The number of amides is 1. The Bertz CT molecular complexity index is 981. The Hall–Kier alpha value is -2.56. The molecule has 1 aliphatic rings. The molecule has 5 nitrogen and oxygen atoms in total. The lowest BCUT2D eigenvalue weighted by atomic mass is 10.2. The monoisotopic (exact) mass is 455 g/mol. The van der Waals surface area contributed by atoms with Gasteiger partial charge in [-0.05, 0) is 77.4 Å². The van der Waals surface area contributed by atoms with Crippen molar-refractivity contribution in [3.63, 3.8) is 0 Å². The van der Waals surface area contributed by atoms with E-state index in [-0.39, 0.29) is 18.6 Å². The molecule has 28 heavy (non-hydrogen) atoms. The van der Waals surface area contributed by atoms with Crippen LogP contribution in [0.25, 0.3) is 6.08 Å². The van der Waals surface area contributed by atoms with Crippen LogP contribution >= 0.6 is 27.7 Å². The number of benzene rings is 2. The molecule has 0 unspecified atom stereocenters. The smallest absolute Gasteiger partial charge is 0.266 e. The zero-order valence-electron chi connectivity index (χ0n) is 15.4. The zero-order valence-corrected chi connectivity index (χ0v) is 17.8. The molecule has 0 radical (unpaired) electrons. The number of thioether (sulfide) groups is 1. The fourth-order valence-electron chi connectivity index (χ4n) is 2.62. The van der Waals surface area contributed by atoms with Crippen LogP contribution in [0.15, 0.2) is 62.9 Å². The largest absolute Gasteiger partial charge is 0.478 e. The van der Waals surface area contributed by atoms with Crippen LogP contribution in [0.4, 0.5) is 5.69 Å². The molecule has 0 saturated carbocycles. The second kappa shape index (κ2) is 9.09. The van der Waals surface area contributed by atoms with Gasteiger partial charge < -0.3 is 4.74 Å². The first-order valence-corrected chi connectivity index (χ1v) is 10.3. The first-order chi connectivity index (χ1) is 13.5. The van der Waals surface area contributed by atoms with Crippen molar-refractivity contribution in [2.75, 3.05) is 6.61 Å². The van der Waals surface area contributed by atoms with Crippen LogP contribution in [0.3, 0.4) is 0 Å². The van der Waals surface area contributed by atoms with E-state index in [0.29, 0.717) is 15.8 Å². The maximum atomic E-state index is 12.9. The van der Waals surface area contributed by atoms with E-state index < -0.39 is 0 Å².